The van der Waals surface area contributed by atoms with Gasteiger partial charge in [0.1, 0.15) is 6.17 Å². The predicted octanol–water partition coefficient (Wildman–Crippen LogP) is 2.74. The molecule has 2 rings (SSSR count). The molecule has 3 heteroatoms. The first-order valence-electron chi connectivity index (χ1n) is 5.94. The maximum Gasteiger partial charge on any atom is 0.122 e. The Hall–Kier alpha value is -1.09. The molecule has 0 saturated carbocycles. The Kier molecular flexibility index (Phi) is 3.78. The zero-order valence-electron chi connectivity index (χ0n) is 9.67. The Labute approximate surface area is 96.2 Å². The molecule has 1 aromatic rings. The Morgan fingerprint density at radius 3 is 2.75 bits per heavy atom. The van der Waals surface area contributed by atoms with Crippen LogP contribution in [0, 0.1) is 5.92 Å². The SMILES string of the molecule is CC(F)c1ccc(NCC2CCNC2)cc1. The standard InChI is InChI=1S/C13H19FN2/c1-10(14)12-2-4-13(5-3-12)16-9-11-6-7-15-8-11/h2-5,10-11,15-16H,6-9H2,1H3. The lowest BCUT2D eigenvalue weighted by molar-refractivity contribution is 0.374. The Morgan fingerprint density at radius 2 is 2.19 bits per heavy atom. The summed E-state index contributed by atoms with van der Waals surface area (Å²) in [6.07, 6.45) is 0.361. The summed E-state index contributed by atoms with van der Waals surface area (Å²) in [5, 5.41) is 6.73. The van der Waals surface area contributed by atoms with Gasteiger partial charge in [-0.25, -0.2) is 4.39 Å². The molecule has 0 radical (unpaired) electrons. The molecule has 1 saturated heterocycles. The van der Waals surface area contributed by atoms with Gasteiger partial charge in [0.2, 0.25) is 0 Å². The van der Waals surface area contributed by atoms with Crippen molar-refractivity contribution in [1.29, 1.82) is 0 Å². The van der Waals surface area contributed by atoms with Crippen molar-refractivity contribution < 1.29 is 4.39 Å². The number of anilines is 1. The summed E-state index contributed by atoms with van der Waals surface area (Å²) in [4.78, 5) is 0. The monoisotopic (exact) mass is 222 g/mol. The number of nitrogens with one attached hydrogen (secondary N) is 2. The Morgan fingerprint density at radius 1 is 1.44 bits per heavy atom. The molecule has 2 N–H and O–H groups in total. The van der Waals surface area contributed by atoms with Crippen LogP contribution in [0.5, 0.6) is 0 Å². The molecule has 0 aromatic heterocycles. The first kappa shape index (κ1) is 11.4. The van der Waals surface area contributed by atoms with Crippen molar-refractivity contribution in [2.45, 2.75) is 19.5 Å². The van der Waals surface area contributed by atoms with Crippen LogP contribution in [0.4, 0.5) is 10.1 Å². The van der Waals surface area contributed by atoms with Crippen LogP contribution in [0.15, 0.2) is 24.3 Å². The largest absolute Gasteiger partial charge is 0.385 e. The second-order valence-electron chi connectivity index (χ2n) is 4.48. The van der Waals surface area contributed by atoms with Gasteiger partial charge in [0, 0.05) is 12.2 Å². The number of alkyl halides is 1. The van der Waals surface area contributed by atoms with E-state index in [1.165, 1.54) is 6.42 Å². The van der Waals surface area contributed by atoms with Crippen molar-refractivity contribution in [2.24, 2.45) is 5.92 Å². The van der Waals surface area contributed by atoms with Crippen LogP contribution in [0.3, 0.4) is 0 Å². The van der Waals surface area contributed by atoms with Crippen LogP contribution in [-0.2, 0) is 0 Å². The molecule has 1 aliphatic heterocycles. The van der Waals surface area contributed by atoms with Crippen molar-refractivity contribution in [3.8, 4) is 0 Å². The molecule has 1 fully saturated rings. The lowest BCUT2D eigenvalue weighted by Gasteiger charge is -2.11. The molecule has 16 heavy (non-hydrogen) atoms. The van der Waals surface area contributed by atoms with Gasteiger partial charge in [0.15, 0.2) is 0 Å². The van der Waals surface area contributed by atoms with E-state index >= 15 is 0 Å². The van der Waals surface area contributed by atoms with Gasteiger partial charge < -0.3 is 10.6 Å². The minimum atomic E-state index is -0.881. The molecule has 88 valence electrons. The average molecular weight is 222 g/mol. The molecule has 2 unspecified atom stereocenters. The third-order valence-corrected chi connectivity index (χ3v) is 3.13. The van der Waals surface area contributed by atoms with E-state index in [9.17, 15) is 4.39 Å². The molecule has 0 bridgehead atoms. The lowest BCUT2D eigenvalue weighted by atomic mass is 10.1. The predicted molar refractivity (Wildman–Crippen MR) is 65.4 cm³/mol. The topological polar surface area (TPSA) is 24.1 Å². The number of hydrogen-bond donors (Lipinski definition) is 2. The van der Waals surface area contributed by atoms with E-state index < -0.39 is 6.17 Å². The van der Waals surface area contributed by atoms with Gasteiger partial charge in [-0.2, -0.15) is 0 Å². The van der Waals surface area contributed by atoms with E-state index in [4.69, 9.17) is 0 Å². The maximum absolute atomic E-state index is 13.0. The Bertz CT molecular complexity index is 315. The highest BCUT2D eigenvalue weighted by Gasteiger charge is 2.13. The molecular formula is C13H19FN2. The van der Waals surface area contributed by atoms with Crippen molar-refractivity contribution in [3.05, 3.63) is 29.8 Å². The number of benzene rings is 1. The molecule has 0 amide bonds. The average Bonchev–Trinajstić information content (AvgIpc) is 2.80. The minimum Gasteiger partial charge on any atom is -0.385 e. The first-order valence-corrected chi connectivity index (χ1v) is 5.94. The third-order valence-electron chi connectivity index (χ3n) is 3.13. The summed E-state index contributed by atoms with van der Waals surface area (Å²) in [7, 11) is 0. The zero-order valence-corrected chi connectivity index (χ0v) is 9.67. The summed E-state index contributed by atoms with van der Waals surface area (Å²) >= 11 is 0. The minimum absolute atomic E-state index is 0.722. The molecule has 0 aliphatic carbocycles. The number of hydrogen-bond acceptors (Lipinski definition) is 2. The lowest BCUT2D eigenvalue weighted by Crippen LogP contribution is -2.17. The molecule has 2 nitrogen and oxygen atoms in total. The van der Waals surface area contributed by atoms with Crippen LogP contribution >= 0.6 is 0 Å². The van der Waals surface area contributed by atoms with E-state index in [2.05, 4.69) is 10.6 Å². The molecule has 2 atom stereocenters. The molecule has 1 aliphatic rings. The molecule has 1 heterocycles. The fourth-order valence-corrected chi connectivity index (χ4v) is 2.02. The highest BCUT2D eigenvalue weighted by atomic mass is 19.1. The highest BCUT2D eigenvalue weighted by molar-refractivity contribution is 5.45. The van der Waals surface area contributed by atoms with Crippen molar-refractivity contribution in [2.75, 3.05) is 25.0 Å². The maximum atomic E-state index is 13.0. The van der Waals surface area contributed by atoms with E-state index in [0.29, 0.717) is 0 Å². The van der Waals surface area contributed by atoms with E-state index in [1.54, 1.807) is 6.92 Å². The highest BCUT2D eigenvalue weighted by Crippen LogP contribution is 2.19. The van der Waals surface area contributed by atoms with Crippen LogP contribution < -0.4 is 10.6 Å². The zero-order chi connectivity index (χ0) is 11.4. The summed E-state index contributed by atoms with van der Waals surface area (Å²) < 4.78 is 13.0. The molecular weight excluding hydrogens is 203 g/mol. The summed E-state index contributed by atoms with van der Waals surface area (Å²) in [5.74, 6) is 0.722. The summed E-state index contributed by atoms with van der Waals surface area (Å²) in [6.45, 7) is 4.79. The van der Waals surface area contributed by atoms with Gasteiger partial charge in [-0.05, 0) is 50.0 Å². The summed E-state index contributed by atoms with van der Waals surface area (Å²) in [6, 6.07) is 7.60. The van der Waals surface area contributed by atoms with Gasteiger partial charge in [-0.3, -0.25) is 0 Å². The van der Waals surface area contributed by atoms with Crippen molar-refractivity contribution in [3.63, 3.8) is 0 Å². The quantitative estimate of drug-likeness (QED) is 0.818. The first-order chi connectivity index (χ1) is 7.75. The van der Waals surface area contributed by atoms with Gasteiger partial charge in [-0.1, -0.05) is 12.1 Å². The number of halogens is 1. The van der Waals surface area contributed by atoms with Crippen molar-refractivity contribution >= 4 is 5.69 Å². The normalized spacial score (nSPS) is 22.0. The Balaban J connectivity index is 1.84. The van der Waals surface area contributed by atoms with E-state index in [-0.39, 0.29) is 0 Å². The molecule has 0 spiro atoms. The number of rotatable bonds is 4. The fraction of sp³-hybridized carbons (Fsp3) is 0.538. The van der Waals surface area contributed by atoms with Crippen LogP contribution in [0.1, 0.15) is 25.1 Å². The smallest absolute Gasteiger partial charge is 0.122 e. The van der Waals surface area contributed by atoms with Gasteiger partial charge >= 0.3 is 0 Å². The fourth-order valence-electron chi connectivity index (χ4n) is 2.02. The van der Waals surface area contributed by atoms with Crippen LogP contribution in [-0.4, -0.2) is 19.6 Å². The third kappa shape index (κ3) is 2.95. The molecule has 1 aromatic carbocycles. The van der Waals surface area contributed by atoms with E-state index in [0.717, 1.165) is 36.8 Å². The second-order valence-corrected chi connectivity index (χ2v) is 4.48. The second kappa shape index (κ2) is 5.30. The van der Waals surface area contributed by atoms with Crippen molar-refractivity contribution in [1.82, 2.24) is 5.32 Å². The summed E-state index contributed by atoms with van der Waals surface area (Å²) in [5.41, 5.74) is 1.82. The van der Waals surface area contributed by atoms with Gasteiger partial charge in [-0.15, -0.1) is 0 Å². The van der Waals surface area contributed by atoms with Gasteiger partial charge in [0.25, 0.3) is 0 Å². The van der Waals surface area contributed by atoms with Crippen LogP contribution in [0.25, 0.3) is 0 Å². The van der Waals surface area contributed by atoms with Gasteiger partial charge in [0.05, 0.1) is 0 Å². The van der Waals surface area contributed by atoms with Crippen LogP contribution in [0.2, 0.25) is 0 Å². The van der Waals surface area contributed by atoms with E-state index in [1.807, 2.05) is 24.3 Å².